The largest absolute Gasteiger partial charge is 0.466 e. The highest BCUT2D eigenvalue weighted by Gasteiger charge is 1.92. The molecule has 0 radical (unpaired) electrons. The molecule has 0 spiro atoms. The van der Waals surface area contributed by atoms with Crippen molar-refractivity contribution in [2.24, 2.45) is 0 Å². The first-order chi connectivity index (χ1) is 9.27. The average Bonchev–Trinajstić information content (AvgIpc) is 2.39. The van der Waals surface area contributed by atoms with Crippen LogP contribution >= 0.6 is 0 Å². The van der Waals surface area contributed by atoms with Crippen molar-refractivity contribution in [1.82, 2.24) is 0 Å². The summed E-state index contributed by atoms with van der Waals surface area (Å²) in [5.41, 5.74) is 0. The highest BCUT2D eigenvalue weighted by molar-refractivity contribution is 5.65. The number of hydrogen-bond acceptors (Lipinski definition) is 2. The lowest BCUT2D eigenvalue weighted by Gasteiger charge is -2.00. The Morgan fingerprint density at radius 1 is 0.842 bits per heavy atom. The molecule has 0 saturated carbocycles. The number of carbonyl (C=O) groups excluding carboxylic acids is 1. The highest BCUT2D eigenvalue weighted by atomic mass is 16.5. The van der Waals surface area contributed by atoms with E-state index >= 15 is 0 Å². The maximum atomic E-state index is 10.5. The third kappa shape index (κ3) is 16.9. The van der Waals surface area contributed by atoms with Gasteiger partial charge in [0.15, 0.2) is 0 Å². The molecule has 0 aromatic heterocycles. The smallest absolute Gasteiger partial charge is 0.302 e. The minimum absolute atomic E-state index is 0.170. The number of allylic oxidation sites excluding steroid dienone is 4. The lowest BCUT2D eigenvalue weighted by molar-refractivity contribution is -0.141. The Morgan fingerprint density at radius 3 is 2.05 bits per heavy atom. The van der Waals surface area contributed by atoms with Crippen LogP contribution in [0, 0.1) is 0 Å². The molecule has 0 aromatic rings. The summed E-state index contributed by atoms with van der Waals surface area (Å²) in [6.45, 7) is 4.24. The van der Waals surface area contributed by atoms with Crippen LogP contribution in [-0.2, 0) is 9.53 Å². The van der Waals surface area contributed by atoms with Crippen LogP contribution in [0.25, 0.3) is 0 Å². The summed E-state index contributed by atoms with van der Waals surface area (Å²) in [6.07, 6.45) is 19.7. The van der Waals surface area contributed by atoms with E-state index in [2.05, 4.69) is 31.2 Å². The van der Waals surface area contributed by atoms with Gasteiger partial charge in [-0.3, -0.25) is 4.79 Å². The van der Waals surface area contributed by atoms with Gasteiger partial charge in [0.2, 0.25) is 0 Å². The first-order valence-electron chi connectivity index (χ1n) is 7.70. The lowest BCUT2D eigenvalue weighted by Crippen LogP contribution is -1.99. The van der Waals surface area contributed by atoms with Crippen LogP contribution in [-0.4, -0.2) is 12.6 Å². The zero-order valence-electron chi connectivity index (χ0n) is 12.7. The quantitative estimate of drug-likeness (QED) is 0.276. The zero-order valence-corrected chi connectivity index (χ0v) is 12.7. The molecule has 2 nitrogen and oxygen atoms in total. The van der Waals surface area contributed by atoms with Crippen LogP contribution in [0.2, 0.25) is 0 Å². The van der Waals surface area contributed by atoms with E-state index < -0.39 is 0 Å². The molecule has 0 aliphatic rings. The van der Waals surface area contributed by atoms with Gasteiger partial charge in [-0.05, 0) is 38.5 Å². The van der Waals surface area contributed by atoms with E-state index in [-0.39, 0.29) is 5.97 Å². The lowest BCUT2D eigenvalue weighted by atomic mass is 10.1. The molecule has 0 rings (SSSR count). The normalized spacial score (nSPS) is 11.5. The summed E-state index contributed by atoms with van der Waals surface area (Å²) in [4.78, 5) is 10.5. The van der Waals surface area contributed by atoms with E-state index in [0.717, 1.165) is 19.3 Å². The van der Waals surface area contributed by atoms with Crippen molar-refractivity contribution < 1.29 is 9.53 Å². The van der Waals surface area contributed by atoms with E-state index in [1.807, 2.05) is 0 Å². The van der Waals surface area contributed by atoms with Gasteiger partial charge in [0, 0.05) is 6.92 Å². The summed E-state index contributed by atoms with van der Waals surface area (Å²) < 4.78 is 4.88. The standard InChI is InChI=1S/C17H30O2/c1-3-4-5-6-7-8-9-10-11-12-13-14-15-16-19-17(2)18/h5-6,9-10H,3-4,7-8,11-16H2,1-2H3. The molecular weight excluding hydrogens is 236 g/mol. The molecule has 0 aliphatic carbocycles. The molecule has 19 heavy (non-hydrogen) atoms. The molecule has 0 aromatic carbocycles. The number of ether oxygens (including phenoxy) is 1. The summed E-state index contributed by atoms with van der Waals surface area (Å²) >= 11 is 0. The second-order valence-electron chi connectivity index (χ2n) is 4.85. The Bertz CT molecular complexity index is 254. The molecule has 0 atom stereocenters. The third-order valence-electron chi connectivity index (χ3n) is 2.86. The molecule has 0 bridgehead atoms. The maximum Gasteiger partial charge on any atom is 0.302 e. The Labute approximate surface area is 118 Å². The molecule has 0 saturated heterocycles. The van der Waals surface area contributed by atoms with Crippen molar-refractivity contribution in [3.05, 3.63) is 24.3 Å². The molecule has 0 amide bonds. The molecule has 0 fully saturated rings. The summed E-state index contributed by atoms with van der Waals surface area (Å²) in [5.74, 6) is -0.170. The van der Waals surface area contributed by atoms with Crippen LogP contribution in [0.3, 0.4) is 0 Å². The molecular formula is C17H30O2. The number of unbranched alkanes of at least 4 members (excludes halogenated alkanes) is 6. The second-order valence-corrected chi connectivity index (χ2v) is 4.85. The SMILES string of the molecule is CCCC=CCCC=CCCCCCCOC(C)=O. The molecule has 2 heteroatoms. The van der Waals surface area contributed by atoms with Crippen molar-refractivity contribution >= 4 is 5.97 Å². The van der Waals surface area contributed by atoms with Gasteiger partial charge in [0.1, 0.15) is 0 Å². The van der Waals surface area contributed by atoms with Gasteiger partial charge in [0.05, 0.1) is 6.61 Å². The number of hydrogen-bond donors (Lipinski definition) is 0. The first-order valence-corrected chi connectivity index (χ1v) is 7.70. The topological polar surface area (TPSA) is 26.3 Å². The Hall–Kier alpha value is -1.05. The first kappa shape index (κ1) is 17.9. The minimum Gasteiger partial charge on any atom is -0.466 e. The van der Waals surface area contributed by atoms with Crippen LogP contribution in [0.5, 0.6) is 0 Å². The van der Waals surface area contributed by atoms with Crippen molar-refractivity contribution in [2.45, 2.75) is 71.6 Å². The fourth-order valence-corrected chi connectivity index (χ4v) is 1.76. The van der Waals surface area contributed by atoms with Crippen molar-refractivity contribution in [3.8, 4) is 0 Å². The Balaban J connectivity index is 3.14. The Kier molecular flexibility index (Phi) is 14.2. The van der Waals surface area contributed by atoms with Gasteiger partial charge in [-0.2, -0.15) is 0 Å². The van der Waals surface area contributed by atoms with Gasteiger partial charge in [-0.1, -0.05) is 50.5 Å². The van der Waals surface area contributed by atoms with E-state index in [1.165, 1.54) is 45.4 Å². The van der Waals surface area contributed by atoms with E-state index in [9.17, 15) is 4.79 Å². The van der Waals surface area contributed by atoms with E-state index in [1.54, 1.807) is 0 Å². The van der Waals surface area contributed by atoms with E-state index in [0.29, 0.717) is 6.61 Å². The molecule has 0 N–H and O–H groups in total. The van der Waals surface area contributed by atoms with Gasteiger partial charge in [0.25, 0.3) is 0 Å². The van der Waals surface area contributed by atoms with Gasteiger partial charge < -0.3 is 4.74 Å². The highest BCUT2D eigenvalue weighted by Crippen LogP contribution is 2.05. The van der Waals surface area contributed by atoms with Crippen molar-refractivity contribution in [3.63, 3.8) is 0 Å². The monoisotopic (exact) mass is 266 g/mol. The van der Waals surface area contributed by atoms with Crippen molar-refractivity contribution in [1.29, 1.82) is 0 Å². The van der Waals surface area contributed by atoms with Gasteiger partial charge in [-0.25, -0.2) is 0 Å². The van der Waals surface area contributed by atoms with E-state index in [4.69, 9.17) is 4.74 Å². The average molecular weight is 266 g/mol. The molecule has 110 valence electrons. The van der Waals surface area contributed by atoms with Crippen LogP contribution in [0.15, 0.2) is 24.3 Å². The Morgan fingerprint density at radius 2 is 1.42 bits per heavy atom. The number of esters is 1. The second kappa shape index (κ2) is 15.0. The molecule has 0 heterocycles. The summed E-state index contributed by atoms with van der Waals surface area (Å²) in [5, 5.41) is 0. The molecule has 0 unspecified atom stereocenters. The maximum absolute atomic E-state index is 10.5. The van der Waals surface area contributed by atoms with Crippen LogP contribution < -0.4 is 0 Å². The number of carbonyl (C=O) groups is 1. The zero-order chi connectivity index (χ0) is 14.2. The van der Waals surface area contributed by atoms with Gasteiger partial charge in [-0.15, -0.1) is 0 Å². The fraction of sp³-hybridized carbons (Fsp3) is 0.706. The molecule has 0 aliphatic heterocycles. The number of rotatable bonds is 12. The predicted molar refractivity (Wildman–Crippen MR) is 82.1 cm³/mol. The van der Waals surface area contributed by atoms with Crippen LogP contribution in [0.1, 0.15) is 71.6 Å². The van der Waals surface area contributed by atoms with Crippen molar-refractivity contribution in [2.75, 3.05) is 6.61 Å². The van der Waals surface area contributed by atoms with Gasteiger partial charge >= 0.3 is 5.97 Å². The summed E-state index contributed by atoms with van der Waals surface area (Å²) in [7, 11) is 0. The van der Waals surface area contributed by atoms with Crippen LogP contribution in [0.4, 0.5) is 0 Å². The third-order valence-corrected chi connectivity index (χ3v) is 2.86. The fourth-order valence-electron chi connectivity index (χ4n) is 1.76. The summed E-state index contributed by atoms with van der Waals surface area (Å²) in [6, 6.07) is 0. The predicted octanol–water partition coefficient (Wildman–Crippen LogP) is 5.19. The minimum atomic E-state index is -0.170.